The maximum atomic E-state index is 6.34. The summed E-state index contributed by atoms with van der Waals surface area (Å²) in [5.41, 5.74) is 11.3. The molecule has 0 radical (unpaired) electrons. The molecule has 0 aliphatic heterocycles. The van der Waals surface area contributed by atoms with Crippen molar-refractivity contribution in [2.45, 2.75) is 39.2 Å². The maximum absolute atomic E-state index is 6.34. The number of imidazole rings is 1. The smallest absolute Gasteiger partial charge is 0.144 e. The summed E-state index contributed by atoms with van der Waals surface area (Å²) in [7, 11) is 0. The zero-order valence-electron chi connectivity index (χ0n) is 12.2. The highest BCUT2D eigenvalue weighted by Gasteiger charge is 2.25. The zero-order valence-corrected chi connectivity index (χ0v) is 13.0. The molecule has 2 N–H and O–H groups in total. The molecule has 0 spiro atoms. The molecule has 0 unspecified atom stereocenters. The molecule has 3 aromatic rings. The third-order valence-corrected chi connectivity index (χ3v) is 5.39. The van der Waals surface area contributed by atoms with Crippen molar-refractivity contribution in [3.63, 3.8) is 0 Å². The molecule has 0 saturated heterocycles. The van der Waals surface area contributed by atoms with E-state index < -0.39 is 0 Å². The Morgan fingerprint density at radius 2 is 2.14 bits per heavy atom. The van der Waals surface area contributed by atoms with Crippen molar-refractivity contribution in [1.29, 1.82) is 0 Å². The van der Waals surface area contributed by atoms with Crippen LogP contribution in [0.15, 0.2) is 24.3 Å². The maximum Gasteiger partial charge on any atom is 0.144 e. The molecule has 0 bridgehead atoms. The van der Waals surface area contributed by atoms with E-state index in [9.17, 15) is 0 Å². The molecule has 0 amide bonds. The second-order valence-corrected chi connectivity index (χ2v) is 6.81. The number of anilines is 1. The van der Waals surface area contributed by atoms with E-state index in [0.29, 0.717) is 0 Å². The van der Waals surface area contributed by atoms with Crippen LogP contribution in [0.3, 0.4) is 0 Å². The zero-order chi connectivity index (χ0) is 14.4. The van der Waals surface area contributed by atoms with E-state index in [1.165, 1.54) is 34.4 Å². The number of thiophene rings is 1. The van der Waals surface area contributed by atoms with Gasteiger partial charge in [0, 0.05) is 11.4 Å². The predicted molar refractivity (Wildman–Crippen MR) is 89.8 cm³/mol. The molecule has 108 valence electrons. The summed E-state index contributed by atoms with van der Waals surface area (Å²) in [5.74, 6) is 1.06. The molecule has 1 aromatic carbocycles. The van der Waals surface area contributed by atoms with Gasteiger partial charge in [0.2, 0.25) is 0 Å². The minimum Gasteiger partial charge on any atom is -0.390 e. The quantitative estimate of drug-likeness (QED) is 0.785. The van der Waals surface area contributed by atoms with Gasteiger partial charge in [0.15, 0.2) is 0 Å². The van der Waals surface area contributed by atoms with Crippen LogP contribution in [0, 0.1) is 0 Å². The van der Waals surface area contributed by atoms with E-state index in [-0.39, 0.29) is 0 Å². The third-order valence-electron chi connectivity index (χ3n) is 4.27. The van der Waals surface area contributed by atoms with Gasteiger partial charge in [-0.3, -0.25) is 0 Å². The lowest BCUT2D eigenvalue weighted by molar-refractivity contribution is 0.704. The van der Waals surface area contributed by atoms with Gasteiger partial charge in [-0.2, -0.15) is 0 Å². The van der Waals surface area contributed by atoms with E-state index >= 15 is 0 Å². The Bertz CT molecular complexity index is 813. The molecular formula is C17H19N3S. The number of benzene rings is 1. The van der Waals surface area contributed by atoms with Crippen LogP contribution < -0.4 is 5.73 Å². The summed E-state index contributed by atoms with van der Waals surface area (Å²) in [6, 6.07) is 8.39. The fourth-order valence-corrected chi connectivity index (χ4v) is 4.54. The van der Waals surface area contributed by atoms with E-state index in [1.807, 2.05) is 0 Å². The Morgan fingerprint density at radius 3 is 3.00 bits per heavy atom. The summed E-state index contributed by atoms with van der Waals surface area (Å²) >= 11 is 1.76. The van der Waals surface area contributed by atoms with Crippen LogP contribution in [0.25, 0.3) is 22.4 Å². The molecule has 4 heteroatoms. The first-order valence-electron chi connectivity index (χ1n) is 7.65. The van der Waals surface area contributed by atoms with Gasteiger partial charge in [-0.15, -0.1) is 11.3 Å². The van der Waals surface area contributed by atoms with E-state index in [2.05, 4.69) is 35.8 Å². The lowest BCUT2D eigenvalue weighted by Crippen LogP contribution is -2.01. The lowest BCUT2D eigenvalue weighted by atomic mass is 10.1. The number of fused-ring (bicyclic) bond motifs is 2. The Labute approximate surface area is 128 Å². The average molecular weight is 297 g/mol. The van der Waals surface area contributed by atoms with Gasteiger partial charge >= 0.3 is 0 Å². The van der Waals surface area contributed by atoms with Crippen molar-refractivity contribution in [1.82, 2.24) is 9.55 Å². The molecule has 0 atom stereocenters. The van der Waals surface area contributed by atoms with E-state index in [4.69, 9.17) is 10.7 Å². The molecular weight excluding hydrogens is 278 g/mol. The van der Waals surface area contributed by atoms with Gasteiger partial charge in [-0.1, -0.05) is 19.1 Å². The number of rotatable bonds is 3. The van der Waals surface area contributed by atoms with Crippen LogP contribution in [-0.2, 0) is 19.4 Å². The predicted octanol–water partition coefficient (Wildman–Crippen LogP) is 4.25. The first kappa shape index (κ1) is 12.9. The van der Waals surface area contributed by atoms with Gasteiger partial charge in [-0.05, 0) is 43.4 Å². The highest BCUT2D eigenvalue weighted by atomic mass is 32.1. The standard InChI is InChI=1S/C17H19N3S/c1-2-10-20-13-8-4-3-7-12(13)19-17(20)15-11-6-5-9-14(11)21-16(15)18/h3-4,7-8H,2,5-6,9-10,18H2,1H3. The topological polar surface area (TPSA) is 43.8 Å². The summed E-state index contributed by atoms with van der Waals surface area (Å²) in [6.07, 6.45) is 4.67. The first-order chi connectivity index (χ1) is 10.3. The number of aromatic nitrogens is 2. The van der Waals surface area contributed by atoms with Gasteiger partial charge in [0.25, 0.3) is 0 Å². The second kappa shape index (κ2) is 4.88. The molecule has 0 fully saturated rings. The molecule has 2 aromatic heterocycles. The molecule has 0 saturated carbocycles. The van der Waals surface area contributed by atoms with Crippen LogP contribution >= 0.6 is 11.3 Å². The molecule has 21 heavy (non-hydrogen) atoms. The molecule has 1 aliphatic carbocycles. The monoisotopic (exact) mass is 297 g/mol. The molecule has 3 nitrogen and oxygen atoms in total. The Balaban J connectivity index is 2.00. The van der Waals surface area contributed by atoms with Gasteiger partial charge in [0.05, 0.1) is 21.6 Å². The van der Waals surface area contributed by atoms with Crippen LogP contribution in [0.1, 0.15) is 30.2 Å². The van der Waals surface area contributed by atoms with Crippen molar-refractivity contribution in [2.75, 3.05) is 5.73 Å². The number of hydrogen-bond acceptors (Lipinski definition) is 3. The Hall–Kier alpha value is -1.81. The van der Waals surface area contributed by atoms with Gasteiger partial charge in [0.1, 0.15) is 5.82 Å². The van der Waals surface area contributed by atoms with Gasteiger partial charge < -0.3 is 10.3 Å². The Morgan fingerprint density at radius 1 is 1.29 bits per heavy atom. The summed E-state index contributed by atoms with van der Waals surface area (Å²) in [5, 5.41) is 0.937. The Kier molecular flexibility index (Phi) is 3.00. The SMILES string of the molecule is CCCn1c(-c2c(N)sc3c2CCC3)nc2ccccc21. The highest BCUT2D eigenvalue weighted by molar-refractivity contribution is 7.16. The normalized spacial score (nSPS) is 14.0. The fourth-order valence-electron chi connectivity index (χ4n) is 3.39. The van der Waals surface area contributed by atoms with Crippen LogP contribution in [0.4, 0.5) is 5.00 Å². The van der Waals surface area contributed by atoms with Crippen LogP contribution in [0.5, 0.6) is 0 Å². The number of aryl methyl sites for hydroxylation is 2. The van der Waals surface area contributed by atoms with Crippen molar-refractivity contribution < 1.29 is 0 Å². The largest absolute Gasteiger partial charge is 0.390 e. The number of nitrogens with two attached hydrogens (primary N) is 1. The first-order valence-corrected chi connectivity index (χ1v) is 8.47. The van der Waals surface area contributed by atoms with Crippen LogP contribution in [-0.4, -0.2) is 9.55 Å². The minimum absolute atomic E-state index is 0.937. The fraction of sp³-hybridized carbons (Fsp3) is 0.353. The van der Waals surface area contributed by atoms with E-state index in [0.717, 1.165) is 35.7 Å². The summed E-state index contributed by atoms with van der Waals surface area (Å²) < 4.78 is 2.34. The second-order valence-electron chi connectivity index (χ2n) is 5.67. The number of nitrogen functional groups attached to an aromatic ring is 1. The number of hydrogen-bond donors (Lipinski definition) is 1. The number of nitrogens with zero attached hydrogens (tertiary/aromatic N) is 2. The minimum atomic E-state index is 0.937. The van der Waals surface area contributed by atoms with Crippen LogP contribution in [0.2, 0.25) is 0 Å². The third kappa shape index (κ3) is 1.89. The van der Waals surface area contributed by atoms with Crippen molar-refractivity contribution in [3.05, 3.63) is 34.7 Å². The summed E-state index contributed by atoms with van der Waals surface area (Å²) in [6.45, 7) is 3.19. The molecule has 2 heterocycles. The van der Waals surface area contributed by atoms with Crippen molar-refractivity contribution >= 4 is 27.4 Å². The molecule has 1 aliphatic rings. The summed E-state index contributed by atoms with van der Waals surface area (Å²) in [4.78, 5) is 6.37. The van der Waals surface area contributed by atoms with E-state index in [1.54, 1.807) is 11.3 Å². The lowest BCUT2D eigenvalue weighted by Gasteiger charge is -2.09. The highest BCUT2D eigenvalue weighted by Crippen LogP contribution is 2.43. The molecule has 4 rings (SSSR count). The van der Waals surface area contributed by atoms with Crippen molar-refractivity contribution in [3.8, 4) is 11.4 Å². The number of para-hydroxylation sites is 2. The van der Waals surface area contributed by atoms with Crippen molar-refractivity contribution in [2.24, 2.45) is 0 Å². The van der Waals surface area contributed by atoms with Gasteiger partial charge in [-0.25, -0.2) is 4.98 Å². The average Bonchev–Trinajstić information content (AvgIpc) is 3.13.